The molecule has 46 heavy (non-hydrogen) atoms. The SMILES string of the molecule is O=C1CC[C@@H](Cc2ccc(-c3ccccc3)cc2)N1.O=C1CC[C@@H](Cc2ccc(-c3ccccc3)cc2)N1C(=O)c1ccccc1. The van der Waals surface area contributed by atoms with Crippen LogP contribution in [0.1, 0.15) is 47.2 Å². The van der Waals surface area contributed by atoms with E-state index in [2.05, 4.69) is 90.2 Å². The molecule has 5 heteroatoms. The van der Waals surface area contributed by atoms with Crippen molar-refractivity contribution in [2.45, 2.75) is 50.6 Å². The van der Waals surface area contributed by atoms with Gasteiger partial charge >= 0.3 is 0 Å². The second-order valence-corrected chi connectivity index (χ2v) is 12.0. The number of carbonyl (C=O) groups is 3. The van der Waals surface area contributed by atoms with Gasteiger partial charge in [0, 0.05) is 30.5 Å². The first-order valence-corrected chi connectivity index (χ1v) is 16.0. The Hall–Kier alpha value is -5.29. The average molecular weight is 607 g/mol. The summed E-state index contributed by atoms with van der Waals surface area (Å²) in [7, 11) is 0. The van der Waals surface area contributed by atoms with Crippen LogP contribution in [0.2, 0.25) is 0 Å². The Morgan fingerprint density at radius 1 is 0.565 bits per heavy atom. The maximum Gasteiger partial charge on any atom is 0.260 e. The van der Waals surface area contributed by atoms with Crippen LogP contribution < -0.4 is 5.32 Å². The van der Waals surface area contributed by atoms with Gasteiger partial charge in [-0.1, -0.05) is 127 Å². The van der Waals surface area contributed by atoms with Crippen LogP contribution in [0.4, 0.5) is 0 Å². The molecule has 7 rings (SSSR count). The van der Waals surface area contributed by atoms with Crippen molar-refractivity contribution in [3.05, 3.63) is 156 Å². The van der Waals surface area contributed by atoms with Crippen LogP contribution in [-0.2, 0) is 22.4 Å². The molecule has 2 heterocycles. The van der Waals surface area contributed by atoms with Crippen LogP contribution in [0.5, 0.6) is 0 Å². The highest BCUT2D eigenvalue weighted by atomic mass is 16.2. The maximum atomic E-state index is 12.8. The van der Waals surface area contributed by atoms with Crippen LogP contribution in [0.3, 0.4) is 0 Å². The fourth-order valence-electron chi connectivity index (χ4n) is 6.25. The van der Waals surface area contributed by atoms with Crippen molar-refractivity contribution in [2.24, 2.45) is 0 Å². The van der Waals surface area contributed by atoms with E-state index >= 15 is 0 Å². The normalized spacial score (nSPS) is 17.3. The van der Waals surface area contributed by atoms with Gasteiger partial charge in [0.1, 0.15) is 0 Å². The predicted molar refractivity (Wildman–Crippen MR) is 183 cm³/mol. The number of imide groups is 1. The molecule has 230 valence electrons. The molecule has 5 nitrogen and oxygen atoms in total. The summed E-state index contributed by atoms with van der Waals surface area (Å²) in [5.41, 5.74) is 7.81. The Labute approximate surface area is 270 Å². The number of nitrogens with zero attached hydrogens (tertiary/aromatic N) is 1. The summed E-state index contributed by atoms with van der Waals surface area (Å²) in [5.74, 6) is -0.0790. The van der Waals surface area contributed by atoms with Gasteiger partial charge in [-0.05, 0) is 71.2 Å². The third-order valence-corrected chi connectivity index (χ3v) is 8.73. The van der Waals surface area contributed by atoms with Gasteiger partial charge in [0.2, 0.25) is 11.8 Å². The van der Waals surface area contributed by atoms with E-state index in [4.69, 9.17) is 0 Å². The number of hydrogen-bond donors (Lipinski definition) is 1. The van der Waals surface area contributed by atoms with E-state index in [9.17, 15) is 14.4 Å². The molecule has 5 aromatic carbocycles. The summed E-state index contributed by atoms with van der Waals surface area (Å²) < 4.78 is 0. The summed E-state index contributed by atoms with van der Waals surface area (Å²) in [6, 6.07) is 46.9. The Kier molecular flexibility index (Phi) is 9.79. The molecule has 0 unspecified atom stereocenters. The fraction of sp³-hybridized carbons (Fsp3) is 0.195. The molecule has 0 saturated carbocycles. The molecule has 0 aliphatic carbocycles. The van der Waals surface area contributed by atoms with Crippen molar-refractivity contribution in [1.82, 2.24) is 10.2 Å². The van der Waals surface area contributed by atoms with Crippen LogP contribution >= 0.6 is 0 Å². The number of nitrogens with one attached hydrogen (secondary N) is 1. The van der Waals surface area contributed by atoms with Gasteiger partial charge in [0.15, 0.2) is 0 Å². The molecule has 3 amide bonds. The minimum Gasteiger partial charge on any atom is -0.353 e. The first-order chi connectivity index (χ1) is 22.5. The summed E-state index contributed by atoms with van der Waals surface area (Å²) in [6.07, 6.45) is 4.41. The molecule has 2 fully saturated rings. The Morgan fingerprint density at radius 2 is 1.04 bits per heavy atom. The van der Waals surface area contributed by atoms with E-state index in [0.717, 1.165) is 24.8 Å². The van der Waals surface area contributed by atoms with Crippen molar-refractivity contribution < 1.29 is 14.4 Å². The highest BCUT2D eigenvalue weighted by Crippen LogP contribution is 2.26. The van der Waals surface area contributed by atoms with E-state index in [-0.39, 0.29) is 23.8 Å². The molecule has 2 aliphatic rings. The van der Waals surface area contributed by atoms with Gasteiger partial charge in [0.25, 0.3) is 5.91 Å². The maximum absolute atomic E-state index is 12.8. The first kappa shape index (κ1) is 30.7. The first-order valence-electron chi connectivity index (χ1n) is 16.0. The molecule has 0 spiro atoms. The minimum atomic E-state index is -0.191. The van der Waals surface area contributed by atoms with E-state index in [1.165, 1.54) is 32.7 Å². The third kappa shape index (κ3) is 7.67. The van der Waals surface area contributed by atoms with Crippen molar-refractivity contribution in [2.75, 3.05) is 0 Å². The van der Waals surface area contributed by atoms with Crippen molar-refractivity contribution >= 4 is 17.7 Å². The molecule has 1 N–H and O–H groups in total. The average Bonchev–Trinajstić information content (AvgIpc) is 3.70. The Bertz CT molecular complexity index is 1750. The highest BCUT2D eigenvalue weighted by Gasteiger charge is 2.36. The zero-order valence-corrected chi connectivity index (χ0v) is 25.8. The van der Waals surface area contributed by atoms with Gasteiger partial charge in [-0.25, -0.2) is 0 Å². The van der Waals surface area contributed by atoms with Gasteiger partial charge in [0.05, 0.1) is 0 Å². The van der Waals surface area contributed by atoms with Crippen molar-refractivity contribution in [3.63, 3.8) is 0 Å². The van der Waals surface area contributed by atoms with Crippen molar-refractivity contribution in [3.8, 4) is 22.3 Å². The van der Waals surface area contributed by atoms with Crippen LogP contribution in [-0.4, -0.2) is 34.7 Å². The van der Waals surface area contributed by atoms with Crippen LogP contribution in [0.25, 0.3) is 22.3 Å². The standard InChI is InChI=1S/C24H21NO2.C17H17NO/c26-23-16-15-22(25(23)24(27)21-9-5-2-6-10-21)17-18-11-13-20(14-12-18)19-7-3-1-4-8-19;19-17-11-10-16(18-17)12-13-6-8-15(9-7-13)14-4-2-1-3-5-14/h1-14,22H,15-17H2;1-9,16H,10-12H2,(H,18,19)/t22-;16-/m00/s1. The number of benzene rings is 5. The number of rotatable bonds is 7. The van der Waals surface area contributed by atoms with Gasteiger partial charge in [-0.2, -0.15) is 0 Å². The molecular formula is C41H38N2O3. The third-order valence-electron chi connectivity index (χ3n) is 8.73. The smallest absolute Gasteiger partial charge is 0.260 e. The molecule has 2 aliphatic heterocycles. The minimum absolute atomic E-state index is 0.0743. The zero-order chi connectivity index (χ0) is 31.7. The van der Waals surface area contributed by atoms with Crippen molar-refractivity contribution in [1.29, 1.82) is 0 Å². The molecule has 5 aromatic rings. The number of amides is 3. The fourth-order valence-corrected chi connectivity index (χ4v) is 6.25. The highest BCUT2D eigenvalue weighted by molar-refractivity contribution is 6.06. The lowest BCUT2D eigenvalue weighted by Crippen LogP contribution is -2.39. The number of hydrogen-bond acceptors (Lipinski definition) is 3. The summed E-state index contributed by atoms with van der Waals surface area (Å²) in [6.45, 7) is 0. The second-order valence-electron chi connectivity index (χ2n) is 12.0. The Balaban J connectivity index is 0.000000172. The molecular weight excluding hydrogens is 568 g/mol. The molecule has 0 aromatic heterocycles. The van der Waals surface area contributed by atoms with Gasteiger partial charge < -0.3 is 5.32 Å². The molecule has 2 saturated heterocycles. The van der Waals surface area contributed by atoms with E-state index < -0.39 is 0 Å². The van der Waals surface area contributed by atoms with E-state index in [0.29, 0.717) is 30.9 Å². The lowest BCUT2D eigenvalue weighted by atomic mass is 9.99. The predicted octanol–water partition coefficient (Wildman–Crippen LogP) is 7.90. The van der Waals surface area contributed by atoms with Gasteiger partial charge in [-0.15, -0.1) is 0 Å². The summed E-state index contributed by atoms with van der Waals surface area (Å²) in [4.78, 5) is 37.8. The summed E-state index contributed by atoms with van der Waals surface area (Å²) >= 11 is 0. The van der Waals surface area contributed by atoms with E-state index in [1.807, 2.05) is 42.5 Å². The lowest BCUT2D eigenvalue weighted by molar-refractivity contribution is -0.126. The topological polar surface area (TPSA) is 66.5 Å². The monoisotopic (exact) mass is 606 g/mol. The van der Waals surface area contributed by atoms with Gasteiger partial charge in [-0.3, -0.25) is 19.3 Å². The molecule has 0 bridgehead atoms. The quantitative estimate of drug-likeness (QED) is 0.192. The number of likely N-dealkylation sites (tertiary alicyclic amines) is 1. The number of carbonyl (C=O) groups excluding carboxylic acids is 3. The largest absolute Gasteiger partial charge is 0.353 e. The Morgan fingerprint density at radius 3 is 1.54 bits per heavy atom. The van der Waals surface area contributed by atoms with E-state index in [1.54, 1.807) is 12.1 Å². The lowest BCUT2D eigenvalue weighted by Gasteiger charge is -2.23. The summed E-state index contributed by atoms with van der Waals surface area (Å²) in [5, 5.41) is 3.01. The van der Waals surface area contributed by atoms with Crippen LogP contribution in [0, 0.1) is 0 Å². The van der Waals surface area contributed by atoms with Crippen LogP contribution in [0.15, 0.2) is 140 Å². The molecule has 2 atom stereocenters. The molecule has 0 radical (unpaired) electrons. The second kappa shape index (κ2) is 14.7. The zero-order valence-electron chi connectivity index (χ0n) is 25.8.